The molecule has 2 fully saturated rings. The number of ether oxygens (including phenoxy) is 3. The van der Waals surface area contributed by atoms with E-state index in [2.05, 4.69) is 6.58 Å². The fourth-order valence-corrected chi connectivity index (χ4v) is 4.47. The van der Waals surface area contributed by atoms with Gasteiger partial charge in [-0.3, -0.25) is 4.79 Å². The third kappa shape index (κ3) is 3.21. The molecule has 1 unspecified atom stereocenters. The topological polar surface area (TPSA) is 68.2 Å². The van der Waals surface area contributed by atoms with E-state index in [9.17, 15) is 9.90 Å². The summed E-state index contributed by atoms with van der Waals surface area (Å²) in [5.41, 5.74) is -0.210. The van der Waals surface area contributed by atoms with Crippen molar-refractivity contribution in [3.05, 3.63) is 72.8 Å². The van der Waals surface area contributed by atoms with Crippen LogP contribution in [0.2, 0.25) is 0 Å². The highest BCUT2D eigenvalue weighted by Crippen LogP contribution is 2.48. The molecule has 0 bridgehead atoms. The molecule has 2 aromatic carbocycles. The quantitative estimate of drug-likeness (QED) is 0.586. The monoisotopic (exact) mass is 409 g/mol. The molecule has 2 saturated heterocycles. The van der Waals surface area contributed by atoms with E-state index in [-0.39, 0.29) is 12.5 Å². The van der Waals surface area contributed by atoms with Gasteiger partial charge in [-0.25, -0.2) is 0 Å². The summed E-state index contributed by atoms with van der Waals surface area (Å²) in [6, 6.07) is 16.0. The summed E-state index contributed by atoms with van der Waals surface area (Å²) in [5.74, 6) is -1.07. The molecule has 2 aromatic rings. The van der Waals surface area contributed by atoms with E-state index < -0.39 is 29.5 Å². The third-order valence-electron chi connectivity index (χ3n) is 5.89. The standard InChI is InChI=1S/C24H27NO5/c1-5-19(16-9-7-6-8-10-16)24(27)21(20-15-29-23(2,3)30-20)25(22(24)26)17-11-13-18(28-4)14-12-17/h5-14,19-21,27H,1,15H2,2-4H3/t19-,20?,21-,24+/m0/s1. The first kappa shape index (κ1) is 20.6. The van der Waals surface area contributed by atoms with Crippen LogP contribution in [0.4, 0.5) is 5.69 Å². The normalized spacial score (nSPS) is 28.7. The van der Waals surface area contributed by atoms with E-state index in [1.54, 1.807) is 42.4 Å². The summed E-state index contributed by atoms with van der Waals surface area (Å²) in [6.45, 7) is 7.84. The SMILES string of the molecule is C=C[C@@H](c1ccccc1)[C@]1(O)C(=O)N(c2ccc(OC)cc2)[C@H]1C1COC(C)(C)O1. The van der Waals surface area contributed by atoms with Crippen LogP contribution in [-0.2, 0) is 14.3 Å². The number of amides is 1. The van der Waals surface area contributed by atoms with Crippen molar-refractivity contribution in [2.75, 3.05) is 18.6 Å². The Kier molecular flexibility index (Phi) is 5.18. The highest BCUT2D eigenvalue weighted by molar-refractivity contribution is 6.09. The third-order valence-corrected chi connectivity index (χ3v) is 5.89. The predicted octanol–water partition coefficient (Wildman–Crippen LogP) is 3.26. The van der Waals surface area contributed by atoms with E-state index in [4.69, 9.17) is 14.2 Å². The number of benzene rings is 2. The molecule has 4 rings (SSSR count). The smallest absolute Gasteiger partial charge is 0.262 e. The first-order valence-corrected chi connectivity index (χ1v) is 10.0. The Morgan fingerprint density at radius 2 is 1.87 bits per heavy atom. The van der Waals surface area contributed by atoms with Gasteiger partial charge in [0.05, 0.1) is 13.7 Å². The highest BCUT2D eigenvalue weighted by atomic mass is 16.7. The number of nitrogens with zero attached hydrogens (tertiary/aromatic N) is 1. The molecule has 2 aliphatic rings. The van der Waals surface area contributed by atoms with E-state index in [1.165, 1.54) is 0 Å². The van der Waals surface area contributed by atoms with Crippen LogP contribution in [0.25, 0.3) is 0 Å². The first-order valence-electron chi connectivity index (χ1n) is 10.0. The first-order chi connectivity index (χ1) is 14.3. The average molecular weight is 409 g/mol. The van der Waals surface area contributed by atoms with Crippen LogP contribution < -0.4 is 9.64 Å². The molecule has 0 aromatic heterocycles. The van der Waals surface area contributed by atoms with Gasteiger partial charge in [-0.05, 0) is 43.7 Å². The lowest BCUT2D eigenvalue weighted by molar-refractivity contribution is -0.176. The summed E-state index contributed by atoms with van der Waals surface area (Å²) >= 11 is 0. The van der Waals surface area contributed by atoms with Gasteiger partial charge in [0.1, 0.15) is 17.9 Å². The van der Waals surface area contributed by atoms with Gasteiger partial charge >= 0.3 is 0 Å². The molecule has 0 radical (unpaired) electrons. The van der Waals surface area contributed by atoms with Gasteiger partial charge in [0, 0.05) is 11.6 Å². The predicted molar refractivity (Wildman–Crippen MR) is 114 cm³/mol. The Morgan fingerprint density at radius 1 is 1.20 bits per heavy atom. The molecule has 1 amide bonds. The van der Waals surface area contributed by atoms with Crippen LogP contribution in [0, 0.1) is 0 Å². The summed E-state index contributed by atoms with van der Waals surface area (Å²) in [4.78, 5) is 15.0. The van der Waals surface area contributed by atoms with Gasteiger partial charge < -0.3 is 24.2 Å². The number of carbonyl (C=O) groups is 1. The molecule has 6 heteroatoms. The molecule has 2 aliphatic heterocycles. The van der Waals surface area contributed by atoms with Crippen molar-refractivity contribution < 1.29 is 24.1 Å². The van der Waals surface area contributed by atoms with E-state index in [1.807, 2.05) is 44.2 Å². The van der Waals surface area contributed by atoms with Crippen LogP contribution >= 0.6 is 0 Å². The van der Waals surface area contributed by atoms with Crippen molar-refractivity contribution >= 4 is 11.6 Å². The molecule has 1 N–H and O–H groups in total. The van der Waals surface area contributed by atoms with Gasteiger partial charge in [-0.15, -0.1) is 6.58 Å². The number of aliphatic hydroxyl groups is 1. The Morgan fingerprint density at radius 3 is 2.40 bits per heavy atom. The lowest BCUT2D eigenvalue weighted by Crippen LogP contribution is -2.80. The van der Waals surface area contributed by atoms with Crippen LogP contribution in [0.15, 0.2) is 67.3 Å². The van der Waals surface area contributed by atoms with E-state index in [0.717, 1.165) is 5.56 Å². The van der Waals surface area contributed by atoms with Crippen molar-refractivity contribution in [3.63, 3.8) is 0 Å². The van der Waals surface area contributed by atoms with Gasteiger partial charge in [0.2, 0.25) is 0 Å². The van der Waals surface area contributed by atoms with Gasteiger partial charge in [-0.1, -0.05) is 36.4 Å². The summed E-state index contributed by atoms with van der Waals surface area (Å²) in [5, 5.41) is 11.8. The van der Waals surface area contributed by atoms with Crippen molar-refractivity contribution in [1.82, 2.24) is 0 Å². The van der Waals surface area contributed by atoms with Crippen LogP contribution in [0.1, 0.15) is 25.3 Å². The zero-order valence-corrected chi connectivity index (χ0v) is 17.4. The second-order valence-electron chi connectivity index (χ2n) is 8.13. The zero-order chi connectivity index (χ0) is 21.5. The molecule has 0 aliphatic carbocycles. The summed E-state index contributed by atoms with van der Waals surface area (Å²) in [7, 11) is 1.59. The Bertz CT molecular complexity index is 926. The maximum Gasteiger partial charge on any atom is 0.262 e. The number of methoxy groups -OCH3 is 1. The Balaban J connectivity index is 1.75. The molecule has 6 nitrogen and oxygen atoms in total. The minimum atomic E-state index is -1.70. The van der Waals surface area contributed by atoms with E-state index in [0.29, 0.717) is 11.4 Å². The maximum absolute atomic E-state index is 13.4. The molecule has 0 spiro atoms. The van der Waals surface area contributed by atoms with Crippen LogP contribution in [-0.4, -0.2) is 48.3 Å². The fraction of sp³-hybridized carbons (Fsp3) is 0.375. The van der Waals surface area contributed by atoms with Gasteiger partial charge in [0.25, 0.3) is 5.91 Å². The molecule has 2 heterocycles. The van der Waals surface area contributed by atoms with Crippen molar-refractivity contribution in [3.8, 4) is 5.75 Å². The number of hydrogen-bond acceptors (Lipinski definition) is 5. The van der Waals surface area contributed by atoms with Crippen LogP contribution in [0.3, 0.4) is 0 Å². The van der Waals surface area contributed by atoms with E-state index >= 15 is 0 Å². The van der Waals surface area contributed by atoms with Crippen LogP contribution in [0.5, 0.6) is 5.75 Å². The maximum atomic E-state index is 13.4. The van der Waals surface area contributed by atoms with Gasteiger partial charge in [-0.2, -0.15) is 0 Å². The summed E-state index contributed by atoms with van der Waals surface area (Å²) < 4.78 is 17.1. The van der Waals surface area contributed by atoms with Gasteiger partial charge in [0.15, 0.2) is 11.4 Å². The van der Waals surface area contributed by atoms with Crippen molar-refractivity contribution in [2.45, 2.75) is 43.3 Å². The second-order valence-corrected chi connectivity index (χ2v) is 8.13. The minimum absolute atomic E-state index is 0.276. The number of hydrogen-bond donors (Lipinski definition) is 1. The Hall–Kier alpha value is -2.67. The fourth-order valence-electron chi connectivity index (χ4n) is 4.47. The largest absolute Gasteiger partial charge is 0.497 e. The number of anilines is 1. The Labute approximate surface area is 176 Å². The molecule has 30 heavy (non-hydrogen) atoms. The lowest BCUT2D eigenvalue weighted by Gasteiger charge is -2.57. The minimum Gasteiger partial charge on any atom is -0.497 e. The molecule has 158 valence electrons. The highest BCUT2D eigenvalue weighted by Gasteiger charge is 2.67. The van der Waals surface area contributed by atoms with Crippen molar-refractivity contribution in [2.24, 2.45) is 0 Å². The molecule has 4 atom stereocenters. The zero-order valence-electron chi connectivity index (χ0n) is 17.4. The number of rotatable bonds is 6. The molecular weight excluding hydrogens is 382 g/mol. The number of β-lactam (4-membered cyclic amide) rings is 1. The molecular formula is C24H27NO5. The average Bonchev–Trinajstić information content (AvgIpc) is 3.11. The molecule has 0 saturated carbocycles. The lowest BCUT2D eigenvalue weighted by atomic mass is 9.67. The summed E-state index contributed by atoms with van der Waals surface area (Å²) in [6.07, 6.45) is 1.14. The number of carbonyl (C=O) groups excluding carboxylic acids is 1. The second kappa shape index (κ2) is 7.54. The van der Waals surface area contributed by atoms with Crippen molar-refractivity contribution in [1.29, 1.82) is 0 Å².